The molecule has 0 radical (unpaired) electrons. The van der Waals surface area contributed by atoms with E-state index in [0.717, 1.165) is 0 Å². The van der Waals surface area contributed by atoms with Crippen molar-refractivity contribution in [2.75, 3.05) is 26.4 Å². The summed E-state index contributed by atoms with van der Waals surface area (Å²) in [7, 11) is -4.13. The Morgan fingerprint density at radius 2 is 1.90 bits per heavy atom. The van der Waals surface area contributed by atoms with Crippen molar-refractivity contribution < 1.29 is 31.8 Å². The van der Waals surface area contributed by atoms with E-state index in [2.05, 4.69) is 0 Å². The van der Waals surface area contributed by atoms with E-state index in [4.69, 9.17) is 14.6 Å². The lowest BCUT2D eigenvalue weighted by atomic mass is 10.3. The van der Waals surface area contributed by atoms with Crippen LogP contribution in [0.4, 0.5) is 8.78 Å². The SMILES string of the molecule is O=S(=O)(NCC(F)(F)CO)c1ccc2c(c1)OCCCO2. The topological polar surface area (TPSA) is 84.9 Å². The normalized spacial score (nSPS) is 15.6. The van der Waals surface area contributed by atoms with Crippen LogP contribution in [-0.2, 0) is 10.0 Å². The van der Waals surface area contributed by atoms with E-state index in [1.165, 1.54) is 18.2 Å². The highest BCUT2D eigenvalue weighted by molar-refractivity contribution is 7.89. The smallest absolute Gasteiger partial charge is 0.283 e. The molecule has 1 aliphatic rings. The second kappa shape index (κ2) is 6.12. The standard InChI is InChI=1S/C12H15F2NO5S/c13-12(14,8-16)7-15-21(17,18)9-2-3-10-11(6-9)20-5-1-4-19-10/h2-3,6,15-16H,1,4-5,7-8H2. The van der Waals surface area contributed by atoms with Crippen molar-refractivity contribution in [3.05, 3.63) is 18.2 Å². The number of ether oxygens (including phenoxy) is 2. The molecule has 1 heterocycles. The molecule has 1 aromatic rings. The van der Waals surface area contributed by atoms with E-state index in [1.54, 1.807) is 4.72 Å². The summed E-state index contributed by atoms with van der Waals surface area (Å²) in [6.45, 7) is -1.77. The number of rotatable bonds is 5. The van der Waals surface area contributed by atoms with Crippen LogP contribution in [0.5, 0.6) is 11.5 Å². The fourth-order valence-corrected chi connectivity index (χ4v) is 2.73. The summed E-state index contributed by atoms with van der Waals surface area (Å²) in [5.74, 6) is -2.85. The molecule has 6 nitrogen and oxygen atoms in total. The lowest BCUT2D eigenvalue weighted by molar-refractivity contribution is -0.0437. The molecule has 21 heavy (non-hydrogen) atoms. The van der Waals surface area contributed by atoms with E-state index in [0.29, 0.717) is 25.4 Å². The van der Waals surface area contributed by atoms with Crippen LogP contribution in [-0.4, -0.2) is 45.8 Å². The van der Waals surface area contributed by atoms with Gasteiger partial charge < -0.3 is 14.6 Å². The third kappa shape index (κ3) is 4.02. The predicted molar refractivity (Wildman–Crippen MR) is 69.3 cm³/mol. The van der Waals surface area contributed by atoms with E-state index in [9.17, 15) is 17.2 Å². The average Bonchev–Trinajstić information content (AvgIpc) is 2.70. The summed E-state index contributed by atoms with van der Waals surface area (Å²) < 4.78 is 62.2. The molecule has 9 heteroatoms. The quantitative estimate of drug-likeness (QED) is 0.835. The minimum Gasteiger partial charge on any atom is -0.490 e. The molecule has 0 aromatic heterocycles. The molecular weight excluding hydrogens is 308 g/mol. The van der Waals surface area contributed by atoms with Gasteiger partial charge in [0.05, 0.1) is 24.7 Å². The number of hydrogen-bond acceptors (Lipinski definition) is 5. The maximum absolute atomic E-state index is 12.9. The zero-order chi connectivity index (χ0) is 15.5. The van der Waals surface area contributed by atoms with Gasteiger partial charge in [-0.2, -0.15) is 0 Å². The number of benzene rings is 1. The molecule has 118 valence electrons. The Bertz CT molecular complexity index is 606. The van der Waals surface area contributed by atoms with Crippen molar-refractivity contribution in [1.82, 2.24) is 4.72 Å². The van der Waals surface area contributed by atoms with Crippen molar-refractivity contribution in [2.45, 2.75) is 17.2 Å². The number of aliphatic hydroxyl groups excluding tert-OH is 1. The maximum atomic E-state index is 12.9. The number of hydrogen-bond donors (Lipinski definition) is 2. The first-order chi connectivity index (χ1) is 9.84. The molecule has 0 fully saturated rings. The predicted octanol–water partition coefficient (Wildman–Crippen LogP) is 0.754. The second-order valence-corrected chi connectivity index (χ2v) is 6.26. The lowest BCUT2D eigenvalue weighted by Crippen LogP contribution is -2.38. The zero-order valence-corrected chi connectivity index (χ0v) is 11.8. The van der Waals surface area contributed by atoms with Gasteiger partial charge in [-0.25, -0.2) is 21.9 Å². The number of sulfonamides is 1. The van der Waals surface area contributed by atoms with Gasteiger partial charge in [-0.15, -0.1) is 0 Å². The Morgan fingerprint density at radius 3 is 2.57 bits per heavy atom. The van der Waals surface area contributed by atoms with E-state index < -0.39 is 29.1 Å². The largest absolute Gasteiger partial charge is 0.490 e. The third-order valence-electron chi connectivity index (χ3n) is 2.78. The molecule has 1 aromatic carbocycles. The van der Waals surface area contributed by atoms with Gasteiger partial charge in [0.2, 0.25) is 10.0 Å². The summed E-state index contributed by atoms with van der Waals surface area (Å²) in [5, 5.41) is 8.43. The summed E-state index contributed by atoms with van der Waals surface area (Å²) in [6.07, 6.45) is 0.664. The lowest BCUT2D eigenvalue weighted by Gasteiger charge is -2.15. The fraction of sp³-hybridized carbons (Fsp3) is 0.500. The molecular formula is C12H15F2NO5S. The van der Waals surface area contributed by atoms with Crippen molar-refractivity contribution in [1.29, 1.82) is 0 Å². The number of halogens is 2. The summed E-state index contributed by atoms with van der Waals surface area (Å²) >= 11 is 0. The molecule has 0 unspecified atom stereocenters. The van der Waals surface area contributed by atoms with Crippen LogP contribution in [0.3, 0.4) is 0 Å². The molecule has 0 atom stereocenters. The Morgan fingerprint density at radius 1 is 1.24 bits per heavy atom. The highest BCUT2D eigenvalue weighted by Gasteiger charge is 2.30. The van der Waals surface area contributed by atoms with Gasteiger partial charge in [0, 0.05) is 12.5 Å². The zero-order valence-electron chi connectivity index (χ0n) is 11.0. The average molecular weight is 323 g/mol. The van der Waals surface area contributed by atoms with E-state index in [-0.39, 0.29) is 10.6 Å². The fourth-order valence-electron chi connectivity index (χ4n) is 1.65. The Kier molecular flexibility index (Phi) is 4.64. The van der Waals surface area contributed by atoms with Crippen LogP contribution >= 0.6 is 0 Å². The van der Waals surface area contributed by atoms with Gasteiger partial charge >= 0.3 is 0 Å². The first-order valence-electron chi connectivity index (χ1n) is 6.22. The summed E-state index contributed by atoms with van der Waals surface area (Å²) in [5.41, 5.74) is 0. The first kappa shape index (κ1) is 15.9. The number of aliphatic hydroxyl groups is 1. The molecule has 2 N–H and O–H groups in total. The minimum atomic E-state index is -4.13. The highest BCUT2D eigenvalue weighted by atomic mass is 32.2. The van der Waals surface area contributed by atoms with Crippen LogP contribution in [0.2, 0.25) is 0 Å². The second-order valence-electron chi connectivity index (χ2n) is 4.50. The Hall–Kier alpha value is -1.45. The highest BCUT2D eigenvalue weighted by Crippen LogP contribution is 2.31. The van der Waals surface area contributed by atoms with Crippen molar-refractivity contribution >= 4 is 10.0 Å². The van der Waals surface area contributed by atoms with Crippen LogP contribution in [0.1, 0.15) is 6.42 Å². The third-order valence-corrected chi connectivity index (χ3v) is 4.18. The molecule has 2 rings (SSSR count). The van der Waals surface area contributed by atoms with Crippen LogP contribution < -0.4 is 14.2 Å². The van der Waals surface area contributed by atoms with Crippen molar-refractivity contribution in [3.8, 4) is 11.5 Å². The van der Waals surface area contributed by atoms with Crippen LogP contribution in [0, 0.1) is 0 Å². The molecule has 0 bridgehead atoms. The van der Waals surface area contributed by atoms with Gasteiger partial charge in [0.15, 0.2) is 11.5 Å². The van der Waals surface area contributed by atoms with Gasteiger partial charge in [0.25, 0.3) is 5.92 Å². The molecule has 0 saturated heterocycles. The monoisotopic (exact) mass is 323 g/mol. The van der Waals surface area contributed by atoms with E-state index in [1.807, 2.05) is 0 Å². The first-order valence-corrected chi connectivity index (χ1v) is 7.70. The van der Waals surface area contributed by atoms with Crippen LogP contribution in [0.25, 0.3) is 0 Å². The van der Waals surface area contributed by atoms with Crippen molar-refractivity contribution in [2.24, 2.45) is 0 Å². The van der Waals surface area contributed by atoms with Gasteiger partial charge in [-0.05, 0) is 12.1 Å². The summed E-state index contributed by atoms with van der Waals surface area (Å²) in [4.78, 5) is -0.208. The van der Waals surface area contributed by atoms with Gasteiger partial charge in [-0.1, -0.05) is 0 Å². The number of fused-ring (bicyclic) bond motifs is 1. The maximum Gasteiger partial charge on any atom is 0.283 e. The van der Waals surface area contributed by atoms with E-state index >= 15 is 0 Å². The molecule has 1 aliphatic heterocycles. The summed E-state index contributed by atoms with van der Waals surface area (Å²) in [6, 6.07) is 3.88. The number of alkyl halides is 2. The van der Waals surface area contributed by atoms with Gasteiger partial charge in [0.1, 0.15) is 6.61 Å². The molecule has 0 saturated carbocycles. The van der Waals surface area contributed by atoms with Gasteiger partial charge in [-0.3, -0.25) is 0 Å². The Balaban J connectivity index is 2.19. The minimum absolute atomic E-state index is 0.208. The molecule has 0 spiro atoms. The molecule has 0 amide bonds. The Labute approximate surface area is 120 Å². The number of nitrogens with one attached hydrogen (secondary N) is 1. The van der Waals surface area contributed by atoms with Crippen LogP contribution in [0.15, 0.2) is 23.1 Å². The molecule has 0 aliphatic carbocycles. The van der Waals surface area contributed by atoms with Crippen molar-refractivity contribution in [3.63, 3.8) is 0 Å².